The zero-order chi connectivity index (χ0) is 9.84. The summed E-state index contributed by atoms with van der Waals surface area (Å²) in [5, 5.41) is 12.2. The monoisotopic (exact) mass is 186 g/mol. The van der Waals surface area contributed by atoms with E-state index in [2.05, 4.69) is 5.10 Å². The van der Waals surface area contributed by atoms with Crippen LogP contribution in [0.5, 0.6) is 0 Å². The smallest absolute Gasteiger partial charge is 0.343 e. The van der Waals surface area contributed by atoms with Gasteiger partial charge in [0, 0.05) is 18.3 Å². The molecular weight excluding hydrogens is 175 g/mol. The first kappa shape index (κ1) is 9.70. The number of nitrogens with zero attached hydrogens (tertiary/aromatic N) is 2. The number of hydrogen-bond donors (Lipinski definition) is 1. The molecule has 72 valence electrons. The second kappa shape index (κ2) is 4.02. The third kappa shape index (κ3) is 2.27. The van der Waals surface area contributed by atoms with Crippen LogP contribution in [0, 0.1) is 0 Å². The number of carboxylic acids is 1. The summed E-state index contributed by atoms with van der Waals surface area (Å²) in [5.74, 6) is -1.48. The van der Waals surface area contributed by atoms with Crippen LogP contribution >= 0.6 is 0 Å². The molecule has 0 saturated carbocycles. The maximum absolute atomic E-state index is 12.9. The first-order valence-corrected chi connectivity index (χ1v) is 4.04. The Morgan fingerprint density at radius 2 is 2.54 bits per heavy atom. The van der Waals surface area contributed by atoms with Gasteiger partial charge in [0.05, 0.1) is 6.20 Å². The topological polar surface area (TPSA) is 55.1 Å². The standard InChI is InChI=1S/C8H11FN2O2/c1-2-3-11-5-6(4-10-11)7(9)8(12)13/h4-5,7H,2-3H2,1H3,(H,12,13). The maximum atomic E-state index is 12.9. The summed E-state index contributed by atoms with van der Waals surface area (Å²) in [6, 6.07) is 0. The molecule has 1 aromatic rings. The fourth-order valence-corrected chi connectivity index (χ4v) is 1.00. The molecule has 1 heterocycles. The second-order valence-electron chi connectivity index (χ2n) is 2.74. The van der Waals surface area contributed by atoms with E-state index in [4.69, 9.17) is 5.11 Å². The van der Waals surface area contributed by atoms with Crippen molar-refractivity contribution in [2.75, 3.05) is 0 Å². The fraction of sp³-hybridized carbons (Fsp3) is 0.500. The van der Waals surface area contributed by atoms with E-state index in [1.54, 1.807) is 0 Å². The lowest BCUT2D eigenvalue weighted by Crippen LogP contribution is -2.05. The Kier molecular flexibility index (Phi) is 3.00. The molecule has 0 spiro atoms. The molecule has 1 N–H and O–H groups in total. The van der Waals surface area contributed by atoms with Gasteiger partial charge in [0.2, 0.25) is 6.17 Å². The third-order valence-corrected chi connectivity index (χ3v) is 1.62. The van der Waals surface area contributed by atoms with Gasteiger partial charge in [0.15, 0.2) is 0 Å². The summed E-state index contributed by atoms with van der Waals surface area (Å²) in [4.78, 5) is 10.3. The van der Waals surface area contributed by atoms with Crippen LogP contribution in [0.25, 0.3) is 0 Å². The average Bonchev–Trinajstić information content (AvgIpc) is 2.52. The number of carboxylic acid groups (broad SMARTS) is 1. The molecule has 0 amide bonds. The third-order valence-electron chi connectivity index (χ3n) is 1.62. The van der Waals surface area contributed by atoms with Gasteiger partial charge >= 0.3 is 5.97 Å². The normalized spacial score (nSPS) is 12.8. The van der Waals surface area contributed by atoms with E-state index in [0.717, 1.165) is 6.42 Å². The molecular formula is C8H11FN2O2. The number of halogens is 1. The number of aryl methyl sites for hydroxylation is 1. The highest BCUT2D eigenvalue weighted by Crippen LogP contribution is 2.16. The molecule has 0 aliphatic rings. The van der Waals surface area contributed by atoms with Crippen LogP contribution in [-0.2, 0) is 11.3 Å². The summed E-state index contributed by atoms with van der Waals surface area (Å²) in [7, 11) is 0. The number of hydrogen-bond acceptors (Lipinski definition) is 2. The van der Waals surface area contributed by atoms with Crippen molar-refractivity contribution in [1.29, 1.82) is 0 Å². The minimum Gasteiger partial charge on any atom is -0.479 e. The molecule has 0 aliphatic heterocycles. The van der Waals surface area contributed by atoms with E-state index in [9.17, 15) is 9.18 Å². The van der Waals surface area contributed by atoms with Gasteiger partial charge in [-0.05, 0) is 6.42 Å². The van der Waals surface area contributed by atoms with Crippen molar-refractivity contribution in [2.45, 2.75) is 26.1 Å². The highest BCUT2D eigenvalue weighted by molar-refractivity contribution is 5.73. The predicted octanol–water partition coefficient (Wildman–Crippen LogP) is 1.39. The van der Waals surface area contributed by atoms with Gasteiger partial charge in [-0.2, -0.15) is 5.10 Å². The summed E-state index contributed by atoms with van der Waals surface area (Å²) in [6.45, 7) is 2.64. The second-order valence-corrected chi connectivity index (χ2v) is 2.74. The zero-order valence-corrected chi connectivity index (χ0v) is 7.27. The molecule has 0 radical (unpaired) electrons. The van der Waals surface area contributed by atoms with Crippen LogP contribution < -0.4 is 0 Å². The van der Waals surface area contributed by atoms with Gasteiger partial charge in [-0.15, -0.1) is 0 Å². The number of alkyl halides is 1. The molecule has 1 rings (SSSR count). The lowest BCUT2D eigenvalue weighted by Gasteiger charge is -1.97. The number of aliphatic carboxylic acids is 1. The Labute approximate surface area is 75.0 Å². The number of carbonyl (C=O) groups is 1. The quantitative estimate of drug-likeness (QED) is 0.773. The fourth-order valence-electron chi connectivity index (χ4n) is 1.00. The van der Waals surface area contributed by atoms with E-state index < -0.39 is 12.1 Å². The lowest BCUT2D eigenvalue weighted by atomic mass is 10.2. The van der Waals surface area contributed by atoms with Crippen LogP contribution in [-0.4, -0.2) is 20.9 Å². The highest BCUT2D eigenvalue weighted by Gasteiger charge is 2.19. The van der Waals surface area contributed by atoms with Crippen molar-refractivity contribution in [3.05, 3.63) is 18.0 Å². The number of rotatable bonds is 4. The van der Waals surface area contributed by atoms with Gasteiger partial charge in [-0.25, -0.2) is 9.18 Å². The average molecular weight is 186 g/mol. The minimum absolute atomic E-state index is 0.0981. The molecule has 0 saturated heterocycles. The van der Waals surface area contributed by atoms with E-state index in [-0.39, 0.29) is 5.56 Å². The molecule has 0 bridgehead atoms. The Balaban J connectivity index is 2.73. The van der Waals surface area contributed by atoms with Crippen LogP contribution in [0.2, 0.25) is 0 Å². The van der Waals surface area contributed by atoms with Crippen molar-refractivity contribution in [3.63, 3.8) is 0 Å². The van der Waals surface area contributed by atoms with Crippen molar-refractivity contribution in [3.8, 4) is 0 Å². The predicted molar refractivity (Wildman–Crippen MR) is 44.0 cm³/mol. The molecule has 1 aromatic heterocycles. The van der Waals surface area contributed by atoms with Crippen molar-refractivity contribution in [1.82, 2.24) is 9.78 Å². The van der Waals surface area contributed by atoms with E-state index in [1.807, 2.05) is 6.92 Å². The molecule has 0 aromatic carbocycles. The Morgan fingerprint density at radius 3 is 3.08 bits per heavy atom. The van der Waals surface area contributed by atoms with Gasteiger partial charge in [-0.1, -0.05) is 6.92 Å². The minimum atomic E-state index is -1.97. The Morgan fingerprint density at radius 1 is 1.85 bits per heavy atom. The van der Waals surface area contributed by atoms with Gasteiger partial charge in [0.25, 0.3) is 0 Å². The van der Waals surface area contributed by atoms with Crippen LogP contribution in [0.1, 0.15) is 25.1 Å². The van der Waals surface area contributed by atoms with E-state index in [0.29, 0.717) is 6.54 Å². The first-order chi connectivity index (χ1) is 6.15. The number of aromatic nitrogens is 2. The first-order valence-electron chi connectivity index (χ1n) is 4.04. The van der Waals surface area contributed by atoms with E-state index in [1.165, 1.54) is 17.1 Å². The van der Waals surface area contributed by atoms with Crippen LogP contribution in [0.3, 0.4) is 0 Å². The van der Waals surface area contributed by atoms with Gasteiger partial charge in [0.1, 0.15) is 0 Å². The summed E-state index contributed by atoms with van der Waals surface area (Å²) in [6.07, 6.45) is 1.58. The van der Waals surface area contributed by atoms with Crippen LogP contribution in [0.4, 0.5) is 4.39 Å². The summed E-state index contributed by atoms with van der Waals surface area (Å²) < 4.78 is 14.4. The molecule has 1 unspecified atom stereocenters. The molecule has 5 heteroatoms. The lowest BCUT2D eigenvalue weighted by molar-refractivity contribution is -0.143. The largest absolute Gasteiger partial charge is 0.479 e. The molecule has 1 atom stereocenters. The molecule has 4 nitrogen and oxygen atoms in total. The molecule has 0 fully saturated rings. The van der Waals surface area contributed by atoms with Crippen LogP contribution in [0.15, 0.2) is 12.4 Å². The summed E-state index contributed by atoms with van der Waals surface area (Å²) in [5.41, 5.74) is 0.0981. The van der Waals surface area contributed by atoms with Crippen molar-refractivity contribution < 1.29 is 14.3 Å². The molecule has 13 heavy (non-hydrogen) atoms. The van der Waals surface area contributed by atoms with E-state index >= 15 is 0 Å². The summed E-state index contributed by atoms with van der Waals surface area (Å²) >= 11 is 0. The Bertz CT molecular complexity index is 298. The zero-order valence-electron chi connectivity index (χ0n) is 7.27. The van der Waals surface area contributed by atoms with Gasteiger partial charge in [-0.3, -0.25) is 4.68 Å². The van der Waals surface area contributed by atoms with Crippen molar-refractivity contribution >= 4 is 5.97 Å². The van der Waals surface area contributed by atoms with Gasteiger partial charge < -0.3 is 5.11 Å². The molecule has 0 aliphatic carbocycles. The highest BCUT2D eigenvalue weighted by atomic mass is 19.1. The maximum Gasteiger partial charge on any atom is 0.343 e. The SMILES string of the molecule is CCCn1cc(C(F)C(=O)O)cn1. The van der Waals surface area contributed by atoms with Crippen molar-refractivity contribution in [2.24, 2.45) is 0 Å². The Hall–Kier alpha value is -1.39.